The van der Waals surface area contributed by atoms with Crippen LogP contribution in [0.4, 0.5) is 4.79 Å². The topological polar surface area (TPSA) is 66.0 Å². The van der Waals surface area contributed by atoms with Crippen molar-refractivity contribution in [1.29, 1.82) is 0 Å². The molecule has 0 aromatic heterocycles. The van der Waals surface area contributed by atoms with Crippen LogP contribution in [0.1, 0.15) is 0 Å². The molecule has 0 aliphatic carbocycles. The molecule has 0 saturated carbocycles. The van der Waals surface area contributed by atoms with E-state index in [-0.39, 0.29) is 0 Å². The minimum atomic E-state index is -0.462. The fourth-order valence-electron chi connectivity index (χ4n) is 0.717. The number of methoxy groups -OCH3 is 1. The van der Waals surface area contributed by atoms with Crippen LogP contribution in [0.15, 0.2) is 0 Å². The van der Waals surface area contributed by atoms with Gasteiger partial charge in [0.15, 0.2) is 23.0 Å². The summed E-state index contributed by atoms with van der Waals surface area (Å²) in [5, 5.41) is 2.49. The normalized spacial score (nSPS) is 10.0. The van der Waals surface area contributed by atoms with Crippen molar-refractivity contribution < 1.29 is 22.1 Å². The summed E-state index contributed by atoms with van der Waals surface area (Å²) in [4.78, 5) is 10.6. The van der Waals surface area contributed by atoms with Gasteiger partial charge in [0, 0.05) is 13.7 Å². The second-order valence-electron chi connectivity index (χ2n) is 2.51. The number of carbonyl (C=O) groups excluding carboxylic acids is 1. The quantitative estimate of drug-likeness (QED) is 0.498. The molecule has 1 N–H and O–H groups in total. The molecule has 0 aliphatic heterocycles. The van der Waals surface area contributed by atoms with Gasteiger partial charge in [-0.25, -0.2) is 4.79 Å². The molecule has 15 heavy (non-hydrogen) atoms. The van der Waals surface area contributed by atoms with E-state index >= 15 is 0 Å². The smallest absolute Gasteiger partial charge is 0.382 e. The average molecular weight is 333 g/mol. The van der Waals surface area contributed by atoms with Crippen molar-refractivity contribution in [2.75, 3.05) is 46.7 Å². The number of ether oxygens (including phenoxy) is 3. The van der Waals surface area contributed by atoms with E-state index < -0.39 is 6.09 Å². The van der Waals surface area contributed by atoms with Crippen LogP contribution in [0.3, 0.4) is 0 Å². The van der Waals surface area contributed by atoms with Gasteiger partial charge in [-0.1, -0.05) is 0 Å². The lowest BCUT2D eigenvalue weighted by Gasteiger charge is -2.05. The van der Waals surface area contributed by atoms with Crippen LogP contribution in [0.5, 0.6) is 0 Å². The third-order valence-electron chi connectivity index (χ3n) is 1.39. The third-order valence-corrected chi connectivity index (χ3v) is 1.79. The van der Waals surface area contributed by atoms with Crippen LogP contribution < -0.4 is 5.32 Å². The summed E-state index contributed by atoms with van der Waals surface area (Å²) in [6.07, 6.45) is -0.462. The molecule has 0 aromatic rings. The molecule has 0 saturated heterocycles. The summed E-state index contributed by atoms with van der Waals surface area (Å²) < 4.78 is 19.5. The molecule has 0 aromatic carbocycles. The van der Waals surface area contributed by atoms with Gasteiger partial charge in [-0.05, 0) is 0 Å². The first-order valence-corrected chi connectivity index (χ1v) is 5.40. The molecule has 0 rings (SSSR count). The van der Waals surface area contributed by atoms with Gasteiger partial charge in [-0.3, -0.25) is 0 Å². The maximum absolute atomic E-state index is 10.6. The van der Waals surface area contributed by atoms with Gasteiger partial charge in [-0.2, -0.15) is 0 Å². The Morgan fingerprint density at radius 2 is 1.73 bits per heavy atom. The number of hydrogen-bond donors (Lipinski definition) is 1. The van der Waals surface area contributed by atoms with E-state index in [1.54, 1.807) is 7.11 Å². The third kappa shape index (κ3) is 11.8. The Balaban J connectivity index is 2.95. The molecule has 0 radical (unpaired) electrons. The molecule has 90 valence electrons. The Bertz CT molecular complexity index is 158. The van der Waals surface area contributed by atoms with Gasteiger partial charge >= 0.3 is 6.09 Å². The first kappa shape index (κ1) is 14.9. The molecular formula is C8H16INO5. The largest absolute Gasteiger partial charge is 0.416 e. The summed E-state index contributed by atoms with van der Waals surface area (Å²) >= 11 is 1.52. The van der Waals surface area contributed by atoms with Crippen molar-refractivity contribution in [3.8, 4) is 0 Å². The van der Waals surface area contributed by atoms with E-state index in [9.17, 15) is 4.79 Å². The zero-order valence-corrected chi connectivity index (χ0v) is 10.8. The van der Waals surface area contributed by atoms with E-state index in [0.29, 0.717) is 39.6 Å². The summed E-state index contributed by atoms with van der Waals surface area (Å²) in [7, 11) is 1.62. The highest BCUT2D eigenvalue weighted by Gasteiger charge is 1.97. The van der Waals surface area contributed by atoms with Gasteiger partial charge in [0.2, 0.25) is 0 Å². The SMILES string of the molecule is COCCOCCOCCNC(=O)OI. The molecule has 1 amide bonds. The lowest BCUT2D eigenvalue weighted by molar-refractivity contribution is 0.0258. The van der Waals surface area contributed by atoms with E-state index in [1.165, 1.54) is 23.0 Å². The van der Waals surface area contributed by atoms with E-state index in [0.717, 1.165) is 0 Å². The summed E-state index contributed by atoms with van der Waals surface area (Å²) in [5.74, 6) is 0. The van der Waals surface area contributed by atoms with E-state index in [1.807, 2.05) is 0 Å². The summed E-state index contributed by atoms with van der Waals surface area (Å²) in [6, 6.07) is 0. The van der Waals surface area contributed by atoms with Crippen LogP contribution in [0.25, 0.3) is 0 Å². The van der Waals surface area contributed by atoms with Crippen molar-refractivity contribution in [2.45, 2.75) is 0 Å². The number of carbonyl (C=O) groups is 1. The first-order chi connectivity index (χ1) is 7.31. The molecule has 0 bridgehead atoms. The lowest BCUT2D eigenvalue weighted by Crippen LogP contribution is -2.26. The molecule has 0 atom stereocenters. The number of nitrogens with one attached hydrogen (secondary N) is 1. The van der Waals surface area contributed by atoms with Crippen molar-refractivity contribution in [3.63, 3.8) is 0 Å². The predicted molar refractivity (Wildman–Crippen MR) is 62.0 cm³/mol. The molecular weight excluding hydrogens is 317 g/mol. The fourth-order valence-corrected chi connectivity index (χ4v) is 0.872. The van der Waals surface area contributed by atoms with Crippen LogP contribution in [-0.4, -0.2) is 52.8 Å². The van der Waals surface area contributed by atoms with Gasteiger partial charge in [0.25, 0.3) is 0 Å². The molecule has 0 unspecified atom stereocenters. The average Bonchev–Trinajstić information content (AvgIpc) is 2.26. The van der Waals surface area contributed by atoms with Crippen molar-refractivity contribution >= 4 is 29.1 Å². The minimum Gasteiger partial charge on any atom is -0.382 e. The summed E-state index contributed by atoms with van der Waals surface area (Å²) in [5.41, 5.74) is 0. The van der Waals surface area contributed by atoms with Crippen LogP contribution >= 0.6 is 23.0 Å². The Labute approximate surface area is 103 Å². The van der Waals surface area contributed by atoms with E-state index in [2.05, 4.69) is 8.38 Å². The standard InChI is InChI=1S/C8H16INO5/c1-12-4-5-14-7-6-13-3-2-10-8(11)15-9/h2-7H2,1H3,(H,10,11). The Kier molecular flexibility index (Phi) is 11.9. The number of halogens is 1. The second kappa shape index (κ2) is 12.0. The van der Waals surface area contributed by atoms with Crippen LogP contribution in [0, 0.1) is 0 Å². The van der Waals surface area contributed by atoms with Gasteiger partial charge in [-0.15, -0.1) is 0 Å². The van der Waals surface area contributed by atoms with Crippen molar-refractivity contribution in [2.24, 2.45) is 0 Å². The number of amides is 1. The molecule has 0 aliphatic rings. The summed E-state index contributed by atoms with van der Waals surface area (Å²) in [6.45, 7) is 3.06. The van der Waals surface area contributed by atoms with Gasteiger partial charge in [0.1, 0.15) is 0 Å². The predicted octanol–water partition coefficient (Wildman–Crippen LogP) is 0.742. The molecule has 0 fully saturated rings. The minimum absolute atomic E-state index is 0.430. The van der Waals surface area contributed by atoms with Crippen LogP contribution in [-0.2, 0) is 17.3 Å². The highest BCUT2D eigenvalue weighted by molar-refractivity contribution is 14.1. The van der Waals surface area contributed by atoms with Crippen molar-refractivity contribution in [3.05, 3.63) is 0 Å². The molecule has 0 spiro atoms. The Hall–Kier alpha value is -0.120. The number of hydrogen-bond acceptors (Lipinski definition) is 5. The fraction of sp³-hybridized carbons (Fsp3) is 0.875. The maximum Gasteiger partial charge on any atom is 0.416 e. The van der Waals surface area contributed by atoms with Crippen LogP contribution in [0.2, 0.25) is 0 Å². The first-order valence-electron chi connectivity index (χ1n) is 4.52. The highest BCUT2D eigenvalue weighted by atomic mass is 127. The Morgan fingerprint density at radius 3 is 2.33 bits per heavy atom. The maximum atomic E-state index is 10.6. The molecule has 7 heteroatoms. The zero-order chi connectivity index (χ0) is 11.4. The zero-order valence-electron chi connectivity index (χ0n) is 8.66. The number of rotatable bonds is 9. The van der Waals surface area contributed by atoms with Gasteiger partial charge < -0.3 is 22.6 Å². The molecule has 0 heterocycles. The lowest BCUT2D eigenvalue weighted by atomic mass is 10.6. The molecule has 6 nitrogen and oxygen atoms in total. The Morgan fingerprint density at radius 1 is 1.13 bits per heavy atom. The van der Waals surface area contributed by atoms with Gasteiger partial charge in [0.05, 0.1) is 33.0 Å². The monoisotopic (exact) mass is 333 g/mol. The van der Waals surface area contributed by atoms with E-state index in [4.69, 9.17) is 14.2 Å². The second-order valence-corrected chi connectivity index (χ2v) is 2.95. The van der Waals surface area contributed by atoms with Crippen molar-refractivity contribution in [1.82, 2.24) is 5.32 Å². The highest BCUT2D eigenvalue weighted by Crippen LogP contribution is 1.85.